The Labute approximate surface area is 168 Å². The van der Waals surface area contributed by atoms with Crippen LogP contribution in [0.5, 0.6) is 0 Å². The fourth-order valence-corrected chi connectivity index (χ4v) is 2.90. The van der Waals surface area contributed by atoms with Gasteiger partial charge in [0.2, 0.25) is 0 Å². The van der Waals surface area contributed by atoms with Crippen molar-refractivity contribution >= 4 is 45.9 Å². The maximum absolute atomic E-state index is 12.2. The van der Waals surface area contributed by atoms with E-state index in [0.717, 1.165) is 9.26 Å². The Hall–Kier alpha value is -2.27. The zero-order valence-corrected chi connectivity index (χ0v) is 16.7. The summed E-state index contributed by atoms with van der Waals surface area (Å²) in [4.78, 5) is 20.5. The number of carbonyl (C=O) groups excluding carboxylic acids is 1. The molecule has 0 atom stereocenters. The van der Waals surface area contributed by atoms with Crippen LogP contribution in [0.15, 0.2) is 30.5 Å². The Morgan fingerprint density at radius 3 is 2.77 bits per heavy atom. The number of aryl methyl sites for hydroxylation is 1. The summed E-state index contributed by atoms with van der Waals surface area (Å²) in [6.45, 7) is 2.45. The molecule has 26 heavy (non-hydrogen) atoms. The summed E-state index contributed by atoms with van der Waals surface area (Å²) in [7, 11) is 0. The first-order chi connectivity index (χ1) is 12.4. The molecule has 0 fully saturated rings. The molecular formula is C16H15ClIN7O. The largest absolute Gasteiger partial charge is 0.383 e. The third kappa shape index (κ3) is 4.28. The number of hydrogen-bond acceptors (Lipinski definition) is 6. The van der Waals surface area contributed by atoms with E-state index < -0.39 is 0 Å². The van der Waals surface area contributed by atoms with Crippen LogP contribution in [0.2, 0.25) is 5.02 Å². The van der Waals surface area contributed by atoms with Crippen molar-refractivity contribution < 1.29 is 4.79 Å². The van der Waals surface area contributed by atoms with Gasteiger partial charge in [-0.3, -0.25) is 4.79 Å². The van der Waals surface area contributed by atoms with Gasteiger partial charge in [0, 0.05) is 22.3 Å². The van der Waals surface area contributed by atoms with Crippen LogP contribution in [0, 0.1) is 10.6 Å². The van der Waals surface area contributed by atoms with E-state index in [1.54, 1.807) is 42.1 Å². The molecule has 0 radical (unpaired) electrons. The number of carbonyl (C=O) groups is 1. The molecular weight excluding hydrogens is 469 g/mol. The Kier molecular flexibility index (Phi) is 5.67. The summed E-state index contributed by atoms with van der Waals surface area (Å²) < 4.78 is 2.49. The molecule has 0 bridgehead atoms. The van der Waals surface area contributed by atoms with Crippen molar-refractivity contribution in [3.63, 3.8) is 0 Å². The second-order valence-corrected chi connectivity index (χ2v) is 6.96. The lowest BCUT2D eigenvalue weighted by molar-refractivity contribution is 0.0950. The van der Waals surface area contributed by atoms with Crippen molar-refractivity contribution in [2.75, 3.05) is 5.73 Å². The fraction of sp³-hybridized carbons (Fsp3) is 0.188. The fourth-order valence-electron chi connectivity index (χ4n) is 2.21. The van der Waals surface area contributed by atoms with Gasteiger partial charge in [-0.15, -0.1) is 5.10 Å². The minimum Gasteiger partial charge on any atom is -0.383 e. The molecule has 2 heterocycles. The van der Waals surface area contributed by atoms with Crippen molar-refractivity contribution in [2.45, 2.75) is 20.0 Å². The van der Waals surface area contributed by atoms with Crippen molar-refractivity contribution in [1.82, 2.24) is 30.3 Å². The van der Waals surface area contributed by atoms with E-state index >= 15 is 0 Å². The molecule has 0 aliphatic heterocycles. The van der Waals surface area contributed by atoms with E-state index in [0.29, 0.717) is 34.5 Å². The summed E-state index contributed by atoms with van der Waals surface area (Å²) in [6, 6.07) is 6.68. The number of halogens is 2. The van der Waals surface area contributed by atoms with Gasteiger partial charge in [-0.1, -0.05) is 16.8 Å². The van der Waals surface area contributed by atoms with Gasteiger partial charge in [0.15, 0.2) is 0 Å². The molecule has 3 rings (SSSR count). The molecule has 2 aromatic heterocycles. The van der Waals surface area contributed by atoms with E-state index in [-0.39, 0.29) is 12.5 Å². The summed E-state index contributed by atoms with van der Waals surface area (Å²) >= 11 is 7.96. The molecule has 8 nitrogen and oxygen atoms in total. The lowest BCUT2D eigenvalue weighted by Crippen LogP contribution is -2.23. The van der Waals surface area contributed by atoms with Gasteiger partial charge < -0.3 is 11.1 Å². The Balaban J connectivity index is 1.67. The standard InChI is InChI=1S/C16H15ClIN7O/c1-9-20-6-11(15(19)22-9)8-25-14(18)13(23-24-25)7-21-16(26)10-2-4-12(17)5-3-10/h2-6H,7-8H2,1H3,(H,21,26)(H2,19,20,22). The Bertz CT molecular complexity index is 942. The van der Waals surface area contributed by atoms with E-state index in [1.807, 2.05) is 0 Å². The molecule has 0 aliphatic carbocycles. The number of aromatic nitrogens is 5. The predicted octanol–water partition coefficient (Wildman–Crippen LogP) is 2.20. The highest BCUT2D eigenvalue weighted by atomic mass is 127. The Morgan fingerprint density at radius 1 is 1.35 bits per heavy atom. The molecule has 0 spiro atoms. The predicted molar refractivity (Wildman–Crippen MR) is 106 cm³/mol. The average Bonchev–Trinajstić information content (AvgIpc) is 2.96. The lowest BCUT2D eigenvalue weighted by Gasteiger charge is -2.06. The number of rotatable bonds is 5. The van der Waals surface area contributed by atoms with E-state index in [4.69, 9.17) is 17.3 Å². The molecule has 134 valence electrons. The van der Waals surface area contributed by atoms with Gasteiger partial charge >= 0.3 is 0 Å². The molecule has 1 aromatic carbocycles. The van der Waals surface area contributed by atoms with Crippen LogP contribution in [0.1, 0.15) is 27.4 Å². The van der Waals surface area contributed by atoms with Crippen LogP contribution in [0.3, 0.4) is 0 Å². The summed E-state index contributed by atoms with van der Waals surface area (Å²) in [6.07, 6.45) is 1.68. The van der Waals surface area contributed by atoms with E-state index in [2.05, 4.69) is 48.2 Å². The van der Waals surface area contributed by atoms with Crippen LogP contribution >= 0.6 is 34.2 Å². The molecule has 0 saturated heterocycles. The first-order valence-corrected chi connectivity index (χ1v) is 9.09. The minimum atomic E-state index is -0.205. The van der Waals surface area contributed by atoms with Gasteiger partial charge in [0.1, 0.15) is 21.0 Å². The highest BCUT2D eigenvalue weighted by Crippen LogP contribution is 2.15. The monoisotopic (exact) mass is 483 g/mol. The minimum absolute atomic E-state index is 0.205. The smallest absolute Gasteiger partial charge is 0.251 e. The molecule has 1 amide bonds. The van der Waals surface area contributed by atoms with Crippen LogP contribution in [0.25, 0.3) is 0 Å². The zero-order valence-electron chi connectivity index (χ0n) is 13.8. The first-order valence-electron chi connectivity index (χ1n) is 7.63. The highest BCUT2D eigenvalue weighted by Gasteiger charge is 2.14. The first kappa shape index (κ1) is 18.5. The van der Waals surface area contributed by atoms with E-state index in [9.17, 15) is 4.79 Å². The number of anilines is 1. The molecule has 10 heteroatoms. The third-order valence-electron chi connectivity index (χ3n) is 3.60. The highest BCUT2D eigenvalue weighted by molar-refractivity contribution is 14.1. The van der Waals surface area contributed by atoms with Crippen LogP contribution < -0.4 is 11.1 Å². The lowest BCUT2D eigenvalue weighted by atomic mass is 10.2. The summed E-state index contributed by atoms with van der Waals surface area (Å²) in [5.41, 5.74) is 7.87. The Morgan fingerprint density at radius 2 is 2.08 bits per heavy atom. The molecule has 0 saturated carbocycles. The summed E-state index contributed by atoms with van der Waals surface area (Å²) in [5, 5.41) is 11.6. The molecule has 0 aliphatic rings. The molecule has 3 aromatic rings. The molecule has 0 unspecified atom stereocenters. The zero-order chi connectivity index (χ0) is 18.7. The van der Waals surface area contributed by atoms with Crippen molar-refractivity contribution in [3.8, 4) is 0 Å². The number of nitrogen functional groups attached to an aromatic ring is 1. The van der Waals surface area contributed by atoms with Crippen molar-refractivity contribution in [2.24, 2.45) is 0 Å². The number of nitrogens with two attached hydrogens (primary N) is 1. The SMILES string of the molecule is Cc1ncc(Cn2nnc(CNC(=O)c3ccc(Cl)cc3)c2I)c(N)n1. The van der Waals surface area contributed by atoms with Crippen LogP contribution in [0.4, 0.5) is 5.82 Å². The maximum Gasteiger partial charge on any atom is 0.251 e. The van der Waals surface area contributed by atoms with Gasteiger partial charge in [-0.05, 0) is 53.8 Å². The number of benzene rings is 1. The number of hydrogen-bond donors (Lipinski definition) is 2. The van der Waals surface area contributed by atoms with Gasteiger partial charge in [0.05, 0.1) is 13.1 Å². The van der Waals surface area contributed by atoms with Gasteiger partial charge in [-0.2, -0.15) is 0 Å². The van der Waals surface area contributed by atoms with Crippen LogP contribution in [-0.2, 0) is 13.1 Å². The van der Waals surface area contributed by atoms with Gasteiger partial charge in [-0.25, -0.2) is 14.6 Å². The summed E-state index contributed by atoms with van der Waals surface area (Å²) in [5.74, 6) is 0.828. The second kappa shape index (κ2) is 7.96. The van der Waals surface area contributed by atoms with Crippen molar-refractivity contribution in [1.29, 1.82) is 0 Å². The molecule has 3 N–H and O–H groups in total. The number of nitrogens with zero attached hydrogens (tertiary/aromatic N) is 5. The quantitative estimate of drug-likeness (QED) is 0.538. The average molecular weight is 484 g/mol. The second-order valence-electron chi connectivity index (χ2n) is 5.50. The normalized spacial score (nSPS) is 10.7. The van der Waals surface area contributed by atoms with Gasteiger partial charge in [0.25, 0.3) is 5.91 Å². The van der Waals surface area contributed by atoms with E-state index in [1.165, 1.54) is 0 Å². The van der Waals surface area contributed by atoms with Crippen LogP contribution in [-0.4, -0.2) is 30.9 Å². The number of amides is 1. The maximum atomic E-state index is 12.2. The van der Waals surface area contributed by atoms with Crippen molar-refractivity contribution in [3.05, 3.63) is 61.8 Å². The number of nitrogens with one attached hydrogen (secondary N) is 1. The topological polar surface area (TPSA) is 112 Å². The third-order valence-corrected chi connectivity index (χ3v) is 5.03.